The maximum Gasteiger partial charge on any atom is 0.291 e. The Balaban J connectivity index is 2.41. The van der Waals surface area contributed by atoms with E-state index in [0.717, 1.165) is 6.42 Å². The molecule has 1 aromatic heterocycles. The van der Waals surface area contributed by atoms with Gasteiger partial charge in [0.1, 0.15) is 5.69 Å². The molecule has 0 radical (unpaired) electrons. The average Bonchev–Trinajstić information content (AvgIpc) is 2.52. The summed E-state index contributed by atoms with van der Waals surface area (Å²) in [5.41, 5.74) is 0.475. The van der Waals surface area contributed by atoms with E-state index in [0.29, 0.717) is 24.5 Å². The molecule has 1 heterocycles. The van der Waals surface area contributed by atoms with Crippen LogP contribution in [0.4, 0.5) is 8.78 Å². The SMILES string of the molecule is CC1CCc2nnn(C)c2C(F)(F)CC1. The van der Waals surface area contributed by atoms with Gasteiger partial charge in [-0.1, -0.05) is 12.1 Å². The van der Waals surface area contributed by atoms with Gasteiger partial charge in [-0.05, 0) is 25.2 Å². The van der Waals surface area contributed by atoms with E-state index in [1.807, 2.05) is 6.92 Å². The highest BCUT2D eigenvalue weighted by Gasteiger charge is 2.39. The number of fused-ring (bicyclic) bond motifs is 1. The minimum atomic E-state index is -2.78. The minimum Gasteiger partial charge on any atom is -0.246 e. The summed E-state index contributed by atoms with van der Waals surface area (Å²) in [5.74, 6) is -2.44. The highest BCUT2D eigenvalue weighted by Crippen LogP contribution is 2.38. The molecule has 0 saturated carbocycles. The first-order valence-electron chi connectivity index (χ1n) is 5.27. The molecule has 1 aromatic rings. The van der Waals surface area contributed by atoms with Crippen LogP contribution in [0.1, 0.15) is 37.6 Å². The summed E-state index contributed by atoms with van der Waals surface area (Å²) in [6, 6.07) is 0. The van der Waals surface area contributed by atoms with Crippen LogP contribution in [0.3, 0.4) is 0 Å². The van der Waals surface area contributed by atoms with Crippen LogP contribution in [0.15, 0.2) is 0 Å². The van der Waals surface area contributed by atoms with E-state index >= 15 is 0 Å². The predicted molar refractivity (Wildman–Crippen MR) is 51.6 cm³/mol. The first-order valence-corrected chi connectivity index (χ1v) is 5.27. The summed E-state index contributed by atoms with van der Waals surface area (Å²) >= 11 is 0. The van der Waals surface area contributed by atoms with Crippen molar-refractivity contribution in [2.75, 3.05) is 0 Å². The van der Waals surface area contributed by atoms with Crippen LogP contribution in [0.25, 0.3) is 0 Å². The van der Waals surface area contributed by atoms with Gasteiger partial charge in [0.2, 0.25) is 0 Å². The van der Waals surface area contributed by atoms with Gasteiger partial charge in [-0.2, -0.15) is 8.78 Å². The van der Waals surface area contributed by atoms with Gasteiger partial charge >= 0.3 is 0 Å². The van der Waals surface area contributed by atoms with Gasteiger partial charge in [0, 0.05) is 13.5 Å². The van der Waals surface area contributed by atoms with Crippen LogP contribution >= 0.6 is 0 Å². The number of halogens is 2. The molecule has 2 rings (SSSR count). The summed E-state index contributed by atoms with van der Waals surface area (Å²) in [5, 5.41) is 7.51. The first-order chi connectivity index (χ1) is 7.00. The zero-order valence-corrected chi connectivity index (χ0v) is 9.00. The summed E-state index contributed by atoms with van der Waals surface area (Å²) in [6.45, 7) is 2.01. The zero-order chi connectivity index (χ0) is 11.1. The predicted octanol–water partition coefficient (Wildman–Crippen LogP) is 2.27. The largest absolute Gasteiger partial charge is 0.291 e. The van der Waals surface area contributed by atoms with E-state index in [9.17, 15) is 8.78 Å². The van der Waals surface area contributed by atoms with Crippen LogP contribution in [0.5, 0.6) is 0 Å². The quantitative estimate of drug-likeness (QED) is 0.664. The van der Waals surface area contributed by atoms with E-state index in [4.69, 9.17) is 0 Å². The number of alkyl halides is 2. The van der Waals surface area contributed by atoms with Crippen molar-refractivity contribution in [1.82, 2.24) is 15.0 Å². The number of hydrogen-bond acceptors (Lipinski definition) is 2. The van der Waals surface area contributed by atoms with Crippen molar-refractivity contribution in [1.29, 1.82) is 0 Å². The fraction of sp³-hybridized carbons (Fsp3) is 0.800. The Labute approximate surface area is 87.5 Å². The summed E-state index contributed by atoms with van der Waals surface area (Å²) in [6.07, 6.45) is 2.00. The molecule has 1 aliphatic carbocycles. The third-order valence-corrected chi connectivity index (χ3v) is 3.07. The van der Waals surface area contributed by atoms with E-state index in [-0.39, 0.29) is 12.1 Å². The molecule has 3 nitrogen and oxygen atoms in total. The van der Waals surface area contributed by atoms with Gasteiger partial charge in [-0.15, -0.1) is 5.10 Å². The normalized spacial score (nSPS) is 25.5. The fourth-order valence-electron chi connectivity index (χ4n) is 2.09. The molecule has 0 bridgehead atoms. The summed E-state index contributed by atoms with van der Waals surface area (Å²) in [4.78, 5) is 0. The lowest BCUT2D eigenvalue weighted by molar-refractivity contribution is -0.0294. The molecule has 0 amide bonds. The summed E-state index contributed by atoms with van der Waals surface area (Å²) < 4.78 is 28.8. The monoisotopic (exact) mass is 215 g/mol. The molecule has 0 aromatic carbocycles. The van der Waals surface area contributed by atoms with Crippen molar-refractivity contribution in [3.63, 3.8) is 0 Å². The highest BCUT2D eigenvalue weighted by molar-refractivity contribution is 5.17. The van der Waals surface area contributed by atoms with Crippen molar-refractivity contribution in [3.8, 4) is 0 Å². The Morgan fingerprint density at radius 2 is 2.13 bits per heavy atom. The number of hydrogen-bond donors (Lipinski definition) is 0. The smallest absolute Gasteiger partial charge is 0.246 e. The Bertz CT molecular complexity index is 360. The maximum absolute atomic E-state index is 13.8. The molecule has 84 valence electrons. The topological polar surface area (TPSA) is 30.7 Å². The van der Waals surface area contributed by atoms with E-state index < -0.39 is 5.92 Å². The molecule has 1 aliphatic rings. The lowest BCUT2D eigenvalue weighted by Crippen LogP contribution is -2.23. The average molecular weight is 215 g/mol. The molecule has 5 heteroatoms. The number of nitrogens with zero attached hydrogens (tertiary/aromatic N) is 3. The molecule has 1 unspecified atom stereocenters. The Kier molecular flexibility index (Phi) is 2.48. The van der Waals surface area contributed by atoms with E-state index in [1.54, 1.807) is 0 Å². The summed E-state index contributed by atoms with van der Waals surface area (Å²) in [7, 11) is 1.53. The van der Waals surface area contributed by atoms with Gasteiger partial charge < -0.3 is 0 Å². The van der Waals surface area contributed by atoms with Crippen molar-refractivity contribution in [2.24, 2.45) is 13.0 Å². The number of aromatic nitrogens is 3. The Hall–Kier alpha value is -1.00. The van der Waals surface area contributed by atoms with E-state index in [1.165, 1.54) is 11.7 Å². The third-order valence-electron chi connectivity index (χ3n) is 3.07. The molecular weight excluding hydrogens is 200 g/mol. The number of aryl methyl sites for hydroxylation is 2. The lowest BCUT2D eigenvalue weighted by atomic mass is 9.91. The molecule has 0 N–H and O–H groups in total. The Morgan fingerprint density at radius 3 is 2.87 bits per heavy atom. The van der Waals surface area contributed by atoms with Crippen LogP contribution in [-0.2, 0) is 19.4 Å². The van der Waals surface area contributed by atoms with Gasteiger partial charge in [0.15, 0.2) is 0 Å². The van der Waals surface area contributed by atoms with E-state index in [2.05, 4.69) is 10.3 Å². The molecular formula is C10H15F2N3. The fourth-order valence-corrected chi connectivity index (χ4v) is 2.09. The maximum atomic E-state index is 13.8. The van der Waals surface area contributed by atoms with Crippen molar-refractivity contribution < 1.29 is 8.78 Å². The second-order valence-corrected chi connectivity index (χ2v) is 4.40. The molecule has 1 atom stereocenters. The molecule has 0 spiro atoms. The molecule has 0 saturated heterocycles. The van der Waals surface area contributed by atoms with Crippen LogP contribution in [0.2, 0.25) is 0 Å². The van der Waals surface area contributed by atoms with Crippen LogP contribution in [-0.4, -0.2) is 15.0 Å². The molecule has 0 aliphatic heterocycles. The zero-order valence-electron chi connectivity index (χ0n) is 9.00. The standard InChI is InChI=1S/C10H15F2N3/c1-7-3-4-8-9(15(2)14-13-8)10(11,12)6-5-7/h7H,3-6H2,1-2H3. The molecule has 15 heavy (non-hydrogen) atoms. The van der Waals surface area contributed by atoms with Gasteiger partial charge in [0.05, 0.1) is 5.69 Å². The van der Waals surface area contributed by atoms with Crippen LogP contribution < -0.4 is 0 Å². The molecule has 0 fully saturated rings. The third kappa shape index (κ3) is 1.87. The van der Waals surface area contributed by atoms with Crippen molar-refractivity contribution >= 4 is 0 Å². The Morgan fingerprint density at radius 1 is 1.40 bits per heavy atom. The van der Waals surface area contributed by atoms with Crippen molar-refractivity contribution in [2.45, 2.75) is 38.5 Å². The van der Waals surface area contributed by atoms with Gasteiger partial charge in [0.25, 0.3) is 5.92 Å². The van der Waals surface area contributed by atoms with Gasteiger partial charge in [-0.3, -0.25) is 0 Å². The first kappa shape index (κ1) is 10.5. The second-order valence-electron chi connectivity index (χ2n) is 4.40. The van der Waals surface area contributed by atoms with Crippen LogP contribution in [0, 0.1) is 5.92 Å². The number of rotatable bonds is 0. The highest BCUT2D eigenvalue weighted by atomic mass is 19.3. The second kappa shape index (κ2) is 3.54. The lowest BCUT2D eigenvalue weighted by Gasteiger charge is -2.22. The minimum absolute atomic E-state index is 0.00870. The van der Waals surface area contributed by atoms with Gasteiger partial charge in [-0.25, -0.2) is 4.68 Å². The van der Waals surface area contributed by atoms with Crippen molar-refractivity contribution in [3.05, 3.63) is 11.4 Å².